The molecule has 0 spiro atoms. The number of phosphoric acid groups is 1. The Bertz CT molecular complexity index is 1610. The average Bonchev–Trinajstić information content (AvgIpc) is 3.40. The van der Waals surface area contributed by atoms with Gasteiger partial charge < -0.3 is 28.5 Å². The summed E-state index contributed by atoms with van der Waals surface area (Å²) < 4.78 is 30.3. The first-order chi connectivity index (χ1) is 37.9. The summed E-state index contributed by atoms with van der Waals surface area (Å²) in [6, 6.07) is -0.930. The Labute approximate surface area is 482 Å². The second-order valence-corrected chi connectivity index (χ2v) is 24.3. The van der Waals surface area contributed by atoms with Gasteiger partial charge in [-0.15, -0.1) is 0 Å². The first kappa shape index (κ1) is 75.2. The van der Waals surface area contributed by atoms with E-state index in [2.05, 4.69) is 86.8 Å². The van der Waals surface area contributed by atoms with Gasteiger partial charge >= 0.3 is 5.97 Å². The van der Waals surface area contributed by atoms with E-state index in [1.54, 1.807) is 0 Å². The lowest BCUT2D eigenvalue weighted by atomic mass is 10.0. The van der Waals surface area contributed by atoms with Gasteiger partial charge in [-0.05, 0) is 89.5 Å². The smallest absolute Gasteiger partial charge is 0.306 e. The molecule has 9 nitrogen and oxygen atoms in total. The second-order valence-electron chi connectivity index (χ2n) is 22.9. The standard InChI is InChI=1S/C68H123N2O7P/c1-7-10-13-16-19-22-25-27-29-31-32-33-34-35-36-37-38-39-41-43-46-49-52-55-58-61-68(72)77-66(59-56-53-50-47-44-24-21-18-15-12-9-3)65(64-76-78(73,74)75-63-62-70(4,5)6)69-67(71)60-57-54-51-48-45-42-40-30-28-26-23-20-17-14-11-8-2/h11,14,20,23,27-30,42,45,51,54,56,59,65-66H,7-10,12-13,15-19,21-22,24-26,31-41,43-44,46-50,52-53,55,57-58,60-64H2,1-6H3,(H-,69,71,73,74)/b14-11+,23-20+,29-27+,30-28+,45-42+,54-51+,59-56-. The van der Waals surface area contributed by atoms with Crippen LogP contribution in [0.1, 0.15) is 284 Å². The molecule has 0 aliphatic rings. The molecule has 10 heteroatoms. The zero-order valence-electron chi connectivity index (χ0n) is 51.6. The maximum atomic E-state index is 13.5. The Morgan fingerprint density at radius 2 is 0.833 bits per heavy atom. The zero-order valence-corrected chi connectivity index (χ0v) is 52.5. The number of hydrogen-bond donors (Lipinski definition) is 1. The van der Waals surface area contributed by atoms with Gasteiger partial charge in [0.15, 0.2) is 0 Å². The Balaban J connectivity index is 5.14. The minimum Gasteiger partial charge on any atom is -0.756 e. The Morgan fingerprint density at radius 1 is 0.462 bits per heavy atom. The highest BCUT2D eigenvalue weighted by molar-refractivity contribution is 7.45. The van der Waals surface area contributed by atoms with Crippen molar-refractivity contribution in [1.29, 1.82) is 0 Å². The fourth-order valence-electron chi connectivity index (χ4n) is 9.09. The normalized spacial score (nSPS) is 14.2. The topological polar surface area (TPSA) is 114 Å². The van der Waals surface area contributed by atoms with Crippen LogP contribution in [-0.4, -0.2) is 69.4 Å². The van der Waals surface area contributed by atoms with Gasteiger partial charge in [0.2, 0.25) is 5.91 Å². The summed E-state index contributed by atoms with van der Waals surface area (Å²) in [4.78, 5) is 39.9. The lowest BCUT2D eigenvalue weighted by Gasteiger charge is -2.30. The molecule has 0 saturated heterocycles. The van der Waals surface area contributed by atoms with Crippen molar-refractivity contribution in [3.05, 3.63) is 85.1 Å². The molecule has 3 atom stereocenters. The molecule has 78 heavy (non-hydrogen) atoms. The predicted octanol–water partition coefficient (Wildman–Crippen LogP) is 19.5. The average molecular weight is 1110 g/mol. The van der Waals surface area contributed by atoms with Crippen molar-refractivity contribution in [3.8, 4) is 0 Å². The monoisotopic (exact) mass is 1110 g/mol. The number of rotatable bonds is 58. The Kier molecular flexibility index (Phi) is 55.4. The number of allylic oxidation sites excluding steroid dienone is 13. The van der Waals surface area contributed by atoms with Crippen molar-refractivity contribution in [2.75, 3.05) is 40.9 Å². The van der Waals surface area contributed by atoms with E-state index in [4.69, 9.17) is 13.8 Å². The lowest BCUT2D eigenvalue weighted by Crippen LogP contribution is -2.47. The number of ether oxygens (including phenoxy) is 1. The maximum Gasteiger partial charge on any atom is 0.306 e. The third-order valence-electron chi connectivity index (χ3n) is 14.1. The Hall–Kier alpha value is -2.81. The number of carbonyl (C=O) groups is 2. The molecule has 0 aliphatic carbocycles. The largest absolute Gasteiger partial charge is 0.756 e. The van der Waals surface area contributed by atoms with E-state index in [1.807, 2.05) is 45.4 Å². The molecule has 0 saturated carbocycles. The third kappa shape index (κ3) is 57.9. The first-order valence-electron chi connectivity index (χ1n) is 32.4. The van der Waals surface area contributed by atoms with Crippen LogP contribution < -0.4 is 10.2 Å². The van der Waals surface area contributed by atoms with Crippen LogP contribution in [0.15, 0.2) is 85.1 Å². The molecule has 0 radical (unpaired) electrons. The SMILES string of the molecule is CC/C=C/C/C=C/C/C=C/C/C=C/C/C=C/CCC(=O)NC(COP(=O)([O-])OCC[N+](C)(C)C)C(/C=C\CCCCCCCCCCC)OC(=O)CCCCCCCCCCCCCCCCC/C=C/CCCCCCCC. The van der Waals surface area contributed by atoms with Crippen molar-refractivity contribution in [2.24, 2.45) is 0 Å². The number of phosphoric ester groups is 1. The molecule has 0 heterocycles. The number of carbonyl (C=O) groups excluding carboxylic acids is 2. The second kappa shape index (κ2) is 57.4. The van der Waals surface area contributed by atoms with E-state index in [9.17, 15) is 19.0 Å². The molecule has 0 fully saturated rings. The molecule has 0 rings (SSSR count). The van der Waals surface area contributed by atoms with E-state index in [-0.39, 0.29) is 31.3 Å². The van der Waals surface area contributed by atoms with Crippen LogP contribution in [0.2, 0.25) is 0 Å². The van der Waals surface area contributed by atoms with Crippen LogP contribution in [0.5, 0.6) is 0 Å². The fourth-order valence-corrected chi connectivity index (χ4v) is 9.82. The van der Waals surface area contributed by atoms with Gasteiger partial charge in [0.05, 0.1) is 33.8 Å². The van der Waals surface area contributed by atoms with Gasteiger partial charge in [-0.2, -0.15) is 0 Å². The highest BCUT2D eigenvalue weighted by atomic mass is 31.2. The summed E-state index contributed by atoms with van der Waals surface area (Å²) in [5.74, 6) is -0.635. The minimum atomic E-state index is -4.72. The van der Waals surface area contributed by atoms with Gasteiger partial charge in [-0.1, -0.05) is 267 Å². The minimum absolute atomic E-state index is 0.0378. The quantitative estimate of drug-likeness (QED) is 0.0212. The maximum absolute atomic E-state index is 13.5. The van der Waals surface area contributed by atoms with E-state index in [0.717, 1.165) is 70.6 Å². The zero-order chi connectivity index (χ0) is 57.2. The summed E-state index contributed by atoms with van der Waals surface area (Å²) in [6.07, 6.45) is 75.9. The third-order valence-corrected chi connectivity index (χ3v) is 15.0. The molecule has 3 unspecified atom stereocenters. The summed E-state index contributed by atoms with van der Waals surface area (Å²) >= 11 is 0. The van der Waals surface area contributed by atoms with Crippen LogP contribution >= 0.6 is 7.82 Å². The van der Waals surface area contributed by atoms with Crippen molar-refractivity contribution in [3.63, 3.8) is 0 Å². The highest BCUT2D eigenvalue weighted by Crippen LogP contribution is 2.38. The number of likely N-dealkylation sites (N-methyl/N-ethyl adjacent to an activating group) is 1. The van der Waals surface area contributed by atoms with E-state index in [0.29, 0.717) is 17.4 Å². The van der Waals surface area contributed by atoms with Crippen molar-refractivity contribution in [2.45, 2.75) is 296 Å². The molecular weight excluding hydrogens is 988 g/mol. The van der Waals surface area contributed by atoms with E-state index < -0.39 is 26.6 Å². The fraction of sp³-hybridized carbons (Fsp3) is 0.765. The molecule has 1 amide bonds. The summed E-state index contributed by atoms with van der Waals surface area (Å²) in [5.41, 5.74) is 0. The van der Waals surface area contributed by atoms with Crippen LogP contribution in [0.3, 0.4) is 0 Å². The van der Waals surface area contributed by atoms with Crippen molar-refractivity contribution < 1.29 is 37.3 Å². The van der Waals surface area contributed by atoms with Crippen molar-refractivity contribution in [1.82, 2.24) is 5.32 Å². The van der Waals surface area contributed by atoms with Crippen LogP contribution in [0.25, 0.3) is 0 Å². The number of hydrogen-bond acceptors (Lipinski definition) is 7. The highest BCUT2D eigenvalue weighted by Gasteiger charge is 2.27. The van der Waals surface area contributed by atoms with Crippen LogP contribution in [0.4, 0.5) is 0 Å². The molecule has 0 aliphatic heterocycles. The molecule has 0 aromatic carbocycles. The van der Waals surface area contributed by atoms with Gasteiger partial charge in [0.25, 0.3) is 7.82 Å². The first-order valence-corrected chi connectivity index (χ1v) is 33.9. The van der Waals surface area contributed by atoms with Crippen LogP contribution in [0, 0.1) is 0 Å². The van der Waals surface area contributed by atoms with Gasteiger partial charge in [-0.3, -0.25) is 14.2 Å². The number of nitrogens with zero attached hydrogens (tertiary/aromatic N) is 1. The molecule has 0 aromatic rings. The van der Waals surface area contributed by atoms with E-state index >= 15 is 0 Å². The lowest BCUT2D eigenvalue weighted by molar-refractivity contribution is -0.870. The molecular formula is C68H123N2O7P. The number of esters is 1. The number of nitrogens with one attached hydrogen (secondary N) is 1. The summed E-state index contributed by atoms with van der Waals surface area (Å²) in [5, 5.41) is 2.98. The molecule has 0 bridgehead atoms. The molecule has 0 aromatic heterocycles. The van der Waals surface area contributed by atoms with Crippen LogP contribution in [-0.2, 0) is 27.9 Å². The predicted molar refractivity (Wildman–Crippen MR) is 335 cm³/mol. The van der Waals surface area contributed by atoms with Gasteiger partial charge in [-0.25, -0.2) is 0 Å². The number of quaternary nitrogens is 1. The van der Waals surface area contributed by atoms with Gasteiger partial charge in [0, 0.05) is 12.8 Å². The molecule has 1 N–H and O–H groups in total. The molecule has 452 valence electrons. The Morgan fingerprint density at radius 3 is 1.26 bits per heavy atom. The summed E-state index contributed by atoms with van der Waals surface area (Å²) in [6.45, 7) is 6.67. The number of amides is 1. The van der Waals surface area contributed by atoms with Crippen molar-refractivity contribution >= 4 is 19.7 Å². The summed E-state index contributed by atoms with van der Waals surface area (Å²) in [7, 11) is 1.14. The van der Waals surface area contributed by atoms with E-state index in [1.165, 1.54) is 173 Å². The van der Waals surface area contributed by atoms with Gasteiger partial charge in [0.1, 0.15) is 19.3 Å². The number of unbranched alkanes of at least 4 members (excludes halogenated alkanes) is 30.